The first-order valence-electron chi connectivity index (χ1n) is 12.0. The molecular formula is C29H30N2O5. The molecule has 1 aliphatic rings. The van der Waals surface area contributed by atoms with Crippen molar-refractivity contribution in [3.8, 4) is 11.5 Å². The number of aryl methyl sites for hydroxylation is 3. The fourth-order valence-electron chi connectivity index (χ4n) is 4.11. The van der Waals surface area contributed by atoms with Crippen LogP contribution in [0.4, 0.5) is 11.4 Å². The number of hydrogen-bond donors (Lipinski definition) is 1. The van der Waals surface area contributed by atoms with Gasteiger partial charge in [0.2, 0.25) is 5.91 Å². The molecule has 186 valence electrons. The number of ether oxygens (including phenoxy) is 2. The maximum Gasteiger partial charge on any atom is 0.311 e. The van der Waals surface area contributed by atoms with Crippen molar-refractivity contribution in [2.45, 2.75) is 33.6 Å². The van der Waals surface area contributed by atoms with Gasteiger partial charge < -0.3 is 19.7 Å². The number of carbonyl (C=O) groups excluding carboxylic acids is 3. The molecule has 0 bridgehead atoms. The van der Waals surface area contributed by atoms with Crippen molar-refractivity contribution in [1.29, 1.82) is 0 Å². The van der Waals surface area contributed by atoms with Crippen LogP contribution >= 0.6 is 0 Å². The van der Waals surface area contributed by atoms with Crippen molar-refractivity contribution >= 4 is 29.2 Å². The molecule has 0 radical (unpaired) electrons. The molecule has 3 aromatic carbocycles. The van der Waals surface area contributed by atoms with Crippen molar-refractivity contribution in [2.24, 2.45) is 5.92 Å². The Morgan fingerprint density at radius 2 is 1.69 bits per heavy atom. The van der Waals surface area contributed by atoms with E-state index in [2.05, 4.69) is 5.32 Å². The highest BCUT2D eigenvalue weighted by molar-refractivity contribution is 6.00. The normalized spacial score (nSPS) is 15.0. The number of nitrogens with one attached hydrogen (secondary N) is 1. The zero-order valence-corrected chi connectivity index (χ0v) is 20.7. The van der Waals surface area contributed by atoms with Gasteiger partial charge in [0, 0.05) is 24.3 Å². The molecule has 4 rings (SSSR count). The third kappa shape index (κ3) is 5.92. The highest BCUT2D eigenvalue weighted by atomic mass is 16.5. The number of nitrogens with zero attached hydrogens (tertiary/aromatic N) is 1. The molecule has 1 N–H and O–H groups in total. The molecule has 1 atom stereocenters. The molecule has 1 fully saturated rings. The Kier molecular flexibility index (Phi) is 7.68. The zero-order valence-electron chi connectivity index (χ0n) is 20.7. The number of hydrogen-bond acceptors (Lipinski definition) is 5. The standard InChI is InChI=1S/C29H30N2O5/c1-4-21-7-5-6-8-26(21)30-27(32)18-35-29(34)22-16-28(33)31(17-22)23-10-13-24(14-11-23)36-25-12-9-19(2)20(3)15-25/h5-15,22H,4,16-18H2,1-3H3,(H,30,32)/t22-/m1/s1. The lowest BCUT2D eigenvalue weighted by molar-refractivity contribution is -0.151. The largest absolute Gasteiger partial charge is 0.457 e. The van der Waals surface area contributed by atoms with Crippen molar-refractivity contribution in [3.63, 3.8) is 0 Å². The molecule has 36 heavy (non-hydrogen) atoms. The van der Waals surface area contributed by atoms with E-state index < -0.39 is 24.4 Å². The minimum Gasteiger partial charge on any atom is -0.457 e. The van der Waals surface area contributed by atoms with E-state index in [1.54, 1.807) is 29.2 Å². The molecule has 0 aliphatic carbocycles. The van der Waals surface area contributed by atoms with Crippen LogP contribution in [0.2, 0.25) is 0 Å². The van der Waals surface area contributed by atoms with Gasteiger partial charge in [-0.15, -0.1) is 0 Å². The second kappa shape index (κ2) is 11.1. The summed E-state index contributed by atoms with van der Waals surface area (Å²) in [5, 5.41) is 2.77. The van der Waals surface area contributed by atoms with Gasteiger partial charge in [0.25, 0.3) is 5.91 Å². The maximum atomic E-state index is 12.6. The fraction of sp³-hybridized carbons (Fsp3) is 0.276. The van der Waals surface area contributed by atoms with Gasteiger partial charge in [0.15, 0.2) is 6.61 Å². The Hall–Kier alpha value is -4.13. The lowest BCUT2D eigenvalue weighted by Gasteiger charge is -2.17. The molecule has 0 aromatic heterocycles. The SMILES string of the molecule is CCc1ccccc1NC(=O)COC(=O)[C@@H]1CC(=O)N(c2ccc(Oc3ccc(C)c(C)c3)cc2)C1. The smallest absolute Gasteiger partial charge is 0.311 e. The summed E-state index contributed by atoms with van der Waals surface area (Å²) in [6.07, 6.45) is 0.814. The minimum absolute atomic E-state index is 0.0417. The van der Waals surface area contributed by atoms with Crippen LogP contribution in [0.5, 0.6) is 11.5 Å². The molecular weight excluding hydrogens is 456 g/mol. The van der Waals surface area contributed by atoms with Gasteiger partial charge >= 0.3 is 5.97 Å². The Balaban J connectivity index is 1.30. The van der Waals surface area contributed by atoms with Gasteiger partial charge in [-0.05, 0) is 79.4 Å². The summed E-state index contributed by atoms with van der Waals surface area (Å²) in [6, 6.07) is 20.6. The second-order valence-corrected chi connectivity index (χ2v) is 8.91. The van der Waals surface area contributed by atoms with E-state index in [9.17, 15) is 14.4 Å². The molecule has 1 heterocycles. The monoisotopic (exact) mass is 486 g/mol. The highest BCUT2D eigenvalue weighted by Crippen LogP contribution is 2.29. The van der Waals surface area contributed by atoms with Crippen LogP contribution in [-0.2, 0) is 25.5 Å². The van der Waals surface area contributed by atoms with Gasteiger partial charge in [-0.3, -0.25) is 14.4 Å². The van der Waals surface area contributed by atoms with E-state index in [0.29, 0.717) is 17.1 Å². The quantitative estimate of drug-likeness (QED) is 0.443. The summed E-state index contributed by atoms with van der Waals surface area (Å²) >= 11 is 0. The summed E-state index contributed by atoms with van der Waals surface area (Å²) in [6.45, 7) is 5.88. The van der Waals surface area contributed by atoms with Crippen molar-refractivity contribution in [1.82, 2.24) is 0 Å². The molecule has 2 amide bonds. The molecule has 0 unspecified atom stereocenters. The molecule has 7 nitrogen and oxygen atoms in total. The third-order valence-electron chi connectivity index (χ3n) is 6.34. The second-order valence-electron chi connectivity index (χ2n) is 8.91. The van der Waals surface area contributed by atoms with Crippen molar-refractivity contribution in [3.05, 3.63) is 83.4 Å². The van der Waals surface area contributed by atoms with Gasteiger partial charge in [-0.25, -0.2) is 0 Å². The van der Waals surface area contributed by atoms with E-state index in [1.165, 1.54) is 5.56 Å². The molecule has 7 heteroatoms. The molecule has 0 spiro atoms. The van der Waals surface area contributed by atoms with Crippen LogP contribution < -0.4 is 15.0 Å². The summed E-state index contributed by atoms with van der Waals surface area (Å²) in [5.41, 5.74) is 4.72. The Morgan fingerprint density at radius 1 is 0.972 bits per heavy atom. The highest BCUT2D eigenvalue weighted by Gasteiger charge is 2.36. The number of carbonyl (C=O) groups is 3. The van der Waals surface area contributed by atoms with E-state index in [-0.39, 0.29) is 18.9 Å². The molecule has 1 saturated heterocycles. The fourth-order valence-corrected chi connectivity index (χ4v) is 4.11. The third-order valence-corrected chi connectivity index (χ3v) is 6.34. The topological polar surface area (TPSA) is 84.9 Å². The predicted molar refractivity (Wildman–Crippen MR) is 138 cm³/mol. The van der Waals surface area contributed by atoms with Gasteiger partial charge in [0.05, 0.1) is 5.92 Å². The Morgan fingerprint density at radius 3 is 2.42 bits per heavy atom. The number of para-hydroxylation sites is 1. The summed E-state index contributed by atoms with van der Waals surface area (Å²) in [5.74, 6) is -0.363. The lowest BCUT2D eigenvalue weighted by atomic mass is 10.1. The Bertz CT molecular complexity index is 1270. The van der Waals surface area contributed by atoms with E-state index in [0.717, 1.165) is 23.3 Å². The first kappa shape index (κ1) is 25.0. The maximum absolute atomic E-state index is 12.6. The molecule has 1 aliphatic heterocycles. The zero-order chi connectivity index (χ0) is 25.7. The Labute approximate surface area is 211 Å². The van der Waals surface area contributed by atoms with Gasteiger partial charge in [0.1, 0.15) is 11.5 Å². The van der Waals surface area contributed by atoms with Gasteiger partial charge in [-0.1, -0.05) is 31.2 Å². The lowest BCUT2D eigenvalue weighted by Crippen LogP contribution is -2.28. The number of amides is 2. The van der Waals surface area contributed by atoms with Crippen molar-refractivity contribution in [2.75, 3.05) is 23.4 Å². The first-order valence-corrected chi connectivity index (χ1v) is 12.0. The number of rotatable bonds is 8. The average molecular weight is 487 g/mol. The minimum atomic E-state index is -0.625. The number of benzene rings is 3. The molecule has 3 aromatic rings. The van der Waals surface area contributed by atoms with Crippen LogP contribution in [0.15, 0.2) is 66.7 Å². The van der Waals surface area contributed by atoms with Crippen LogP contribution in [0.25, 0.3) is 0 Å². The predicted octanol–water partition coefficient (Wildman–Crippen LogP) is 5.19. The van der Waals surface area contributed by atoms with Crippen molar-refractivity contribution < 1.29 is 23.9 Å². The summed E-state index contributed by atoms with van der Waals surface area (Å²) in [7, 11) is 0. The molecule has 0 saturated carbocycles. The van der Waals surface area contributed by atoms with E-state index in [1.807, 2.05) is 63.2 Å². The summed E-state index contributed by atoms with van der Waals surface area (Å²) in [4.78, 5) is 39.0. The van der Waals surface area contributed by atoms with Crippen LogP contribution in [0.1, 0.15) is 30.0 Å². The van der Waals surface area contributed by atoms with E-state index in [4.69, 9.17) is 9.47 Å². The number of esters is 1. The average Bonchev–Trinajstić information content (AvgIpc) is 3.27. The van der Waals surface area contributed by atoms with E-state index >= 15 is 0 Å². The summed E-state index contributed by atoms with van der Waals surface area (Å²) < 4.78 is 11.1. The van der Waals surface area contributed by atoms with Gasteiger partial charge in [-0.2, -0.15) is 0 Å². The first-order chi connectivity index (χ1) is 17.3. The van der Waals surface area contributed by atoms with Crippen LogP contribution in [-0.4, -0.2) is 30.9 Å². The van der Waals surface area contributed by atoms with Crippen LogP contribution in [0.3, 0.4) is 0 Å². The number of anilines is 2. The van der Waals surface area contributed by atoms with Crippen LogP contribution in [0, 0.1) is 19.8 Å².